The van der Waals surface area contributed by atoms with Gasteiger partial charge >= 0.3 is 0 Å². The smallest absolute Gasteiger partial charge is 0.121 e. The summed E-state index contributed by atoms with van der Waals surface area (Å²) in [5.41, 5.74) is 4.30. The topological polar surface area (TPSA) is 62.7 Å². The van der Waals surface area contributed by atoms with Crippen LogP contribution in [0.4, 0.5) is 0 Å². The Morgan fingerprint density at radius 3 is 2.45 bits per heavy atom. The number of ether oxygens (including phenoxy) is 4. The van der Waals surface area contributed by atoms with Crippen molar-refractivity contribution >= 4 is 34.4 Å². The van der Waals surface area contributed by atoms with E-state index in [4.69, 9.17) is 18.9 Å². The number of benzene rings is 1. The van der Waals surface area contributed by atoms with Crippen LogP contribution in [0.15, 0.2) is 73.1 Å². The molecule has 0 spiro atoms. The molecular weight excluding hydrogens is 388 g/mol. The van der Waals surface area contributed by atoms with Crippen LogP contribution in [-0.2, 0) is 18.9 Å². The minimum Gasteiger partial charge on any atom is -0.504 e. The zero-order chi connectivity index (χ0) is 21.1. The fourth-order valence-electron chi connectivity index (χ4n) is 2.40. The predicted octanol–water partition coefficient (Wildman–Crippen LogP) is 5.10. The van der Waals surface area contributed by atoms with E-state index >= 15 is 0 Å². The lowest BCUT2D eigenvalue weighted by molar-refractivity contribution is 0.297. The third-order valence-electron chi connectivity index (χ3n) is 3.85. The van der Waals surface area contributed by atoms with Crippen LogP contribution in [0.5, 0.6) is 0 Å². The molecule has 0 radical (unpaired) electrons. The third kappa shape index (κ3) is 6.08. The highest BCUT2D eigenvalue weighted by Gasteiger charge is 2.11. The molecule has 2 aromatic rings. The van der Waals surface area contributed by atoms with E-state index < -0.39 is 0 Å². The number of nitrogens with zero attached hydrogens (tertiary/aromatic N) is 2. The van der Waals surface area contributed by atoms with E-state index in [1.807, 2.05) is 36.4 Å². The van der Waals surface area contributed by atoms with Gasteiger partial charge in [0.15, 0.2) is 0 Å². The van der Waals surface area contributed by atoms with Crippen LogP contribution < -0.4 is 0 Å². The van der Waals surface area contributed by atoms with Crippen LogP contribution in [0, 0.1) is 0 Å². The molecule has 0 fully saturated rings. The molecule has 0 amide bonds. The SMILES string of the molecule is C=C(/C=C\C(=C\OC)c1ccc(/C=C/C=C(\C=C\OC)OC)c2nsnc12)OC. The van der Waals surface area contributed by atoms with Crippen LogP contribution >= 0.6 is 11.7 Å². The van der Waals surface area contributed by atoms with Crippen molar-refractivity contribution in [2.24, 2.45) is 0 Å². The first-order chi connectivity index (χ1) is 14.1. The predicted molar refractivity (Wildman–Crippen MR) is 118 cm³/mol. The van der Waals surface area contributed by atoms with Crippen molar-refractivity contribution in [2.75, 3.05) is 28.4 Å². The molecule has 29 heavy (non-hydrogen) atoms. The lowest BCUT2D eigenvalue weighted by Gasteiger charge is -2.06. The van der Waals surface area contributed by atoms with E-state index in [1.165, 1.54) is 0 Å². The van der Waals surface area contributed by atoms with Gasteiger partial charge in [0.1, 0.15) is 22.6 Å². The number of aromatic nitrogens is 2. The molecule has 6 nitrogen and oxygen atoms in total. The molecule has 0 unspecified atom stereocenters. The van der Waals surface area contributed by atoms with Crippen LogP contribution in [0.2, 0.25) is 0 Å². The summed E-state index contributed by atoms with van der Waals surface area (Å²) >= 11 is 1.16. The van der Waals surface area contributed by atoms with Gasteiger partial charge in [0.05, 0.1) is 52.7 Å². The Hall–Kier alpha value is -3.32. The van der Waals surface area contributed by atoms with Gasteiger partial charge in [-0.3, -0.25) is 0 Å². The van der Waals surface area contributed by atoms with Gasteiger partial charge in [0.25, 0.3) is 0 Å². The monoisotopic (exact) mass is 412 g/mol. The molecule has 0 N–H and O–H groups in total. The molecule has 0 atom stereocenters. The molecule has 0 saturated heterocycles. The van der Waals surface area contributed by atoms with E-state index in [9.17, 15) is 0 Å². The second-order valence-corrected chi connectivity index (χ2v) is 6.18. The third-order valence-corrected chi connectivity index (χ3v) is 4.38. The van der Waals surface area contributed by atoms with Crippen molar-refractivity contribution in [1.29, 1.82) is 0 Å². The van der Waals surface area contributed by atoms with Crippen LogP contribution in [0.3, 0.4) is 0 Å². The first-order valence-electron chi connectivity index (χ1n) is 8.65. The Morgan fingerprint density at radius 2 is 1.76 bits per heavy atom. The van der Waals surface area contributed by atoms with E-state index in [2.05, 4.69) is 15.3 Å². The van der Waals surface area contributed by atoms with Crippen molar-refractivity contribution in [3.63, 3.8) is 0 Å². The lowest BCUT2D eigenvalue weighted by atomic mass is 10.0. The summed E-state index contributed by atoms with van der Waals surface area (Å²) in [5, 5.41) is 0. The van der Waals surface area contributed by atoms with Crippen molar-refractivity contribution in [2.45, 2.75) is 0 Å². The Morgan fingerprint density at radius 1 is 0.966 bits per heavy atom. The van der Waals surface area contributed by atoms with Crippen LogP contribution in [-0.4, -0.2) is 37.2 Å². The summed E-state index contributed by atoms with van der Waals surface area (Å²) in [6.07, 6.45) is 14.3. The highest BCUT2D eigenvalue weighted by Crippen LogP contribution is 2.28. The molecule has 1 heterocycles. The lowest BCUT2D eigenvalue weighted by Crippen LogP contribution is -1.89. The first-order valence-corrected chi connectivity index (χ1v) is 9.38. The fraction of sp³-hybridized carbons (Fsp3) is 0.182. The molecule has 0 aliphatic heterocycles. The van der Waals surface area contributed by atoms with Crippen molar-refractivity contribution in [1.82, 2.24) is 8.75 Å². The van der Waals surface area contributed by atoms with E-state index in [1.54, 1.807) is 53.1 Å². The number of methoxy groups -OCH3 is 4. The summed E-state index contributed by atoms with van der Waals surface area (Å²) in [4.78, 5) is 0. The molecule has 152 valence electrons. The molecule has 1 aromatic carbocycles. The van der Waals surface area contributed by atoms with Crippen LogP contribution in [0.25, 0.3) is 22.7 Å². The van der Waals surface area contributed by atoms with Gasteiger partial charge < -0.3 is 18.9 Å². The molecule has 0 bridgehead atoms. The molecule has 0 saturated carbocycles. The van der Waals surface area contributed by atoms with Crippen molar-refractivity contribution in [3.05, 3.63) is 84.3 Å². The average molecular weight is 413 g/mol. The molecule has 7 heteroatoms. The van der Waals surface area contributed by atoms with E-state index in [-0.39, 0.29) is 0 Å². The first kappa shape index (κ1) is 22.0. The number of hydrogen-bond donors (Lipinski definition) is 0. The highest BCUT2D eigenvalue weighted by atomic mass is 32.1. The van der Waals surface area contributed by atoms with Crippen molar-refractivity contribution < 1.29 is 18.9 Å². The van der Waals surface area contributed by atoms with Gasteiger partial charge in [0.2, 0.25) is 0 Å². The van der Waals surface area contributed by atoms with Gasteiger partial charge in [-0.1, -0.05) is 30.9 Å². The Kier molecular flexibility index (Phi) is 8.72. The minimum atomic E-state index is 0.544. The summed E-state index contributed by atoms with van der Waals surface area (Å²) in [6, 6.07) is 3.98. The summed E-state index contributed by atoms with van der Waals surface area (Å²) in [7, 11) is 6.36. The van der Waals surface area contributed by atoms with Crippen LogP contribution in [0.1, 0.15) is 11.1 Å². The van der Waals surface area contributed by atoms with Gasteiger partial charge in [0, 0.05) is 22.8 Å². The molecular formula is C22H24N2O4S. The van der Waals surface area contributed by atoms with Gasteiger partial charge in [-0.2, -0.15) is 8.75 Å². The fourth-order valence-corrected chi connectivity index (χ4v) is 2.98. The second kappa shape index (κ2) is 11.5. The highest BCUT2D eigenvalue weighted by molar-refractivity contribution is 7.00. The Bertz CT molecular complexity index is 984. The summed E-state index contributed by atoms with van der Waals surface area (Å²) < 4.78 is 29.4. The quantitative estimate of drug-likeness (QED) is 0.400. The summed E-state index contributed by atoms with van der Waals surface area (Å²) in [6.45, 7) is 3.80. The van der Waals surface area contributed by atoms with E-state index in [0.29, 0.717) is 11.5 Å². The zero-order valence-electron chi connectivity index (χ0n) is 16.9. The van der Waals surface area contributed by atoms with Gasteiger partial charge in [-0.15, -0.1) is 0 Å². The Labute approximate surface area is 175 Å². The van der Waals surface area contributed by atoms with Gasteiger partial charge in [-0.25, -0.2) is 0 Å². The maximum Gasteiger partial charge on any atom is 0.121 e. The average Bonchev–Trinajstić information content (AvgIpc) is 3.23. The van der Waals surface area contributed by atoms with Crippen molar-refractivity contribution in [3.8, 4) is 0 Å². The van der Waals surface area contributed by atoms with E-state index in [0.717, 1.165) is 39.5 Å². The minimum absolute atomic E-state index is 0.544. The number of hydrogen-bond acceptors (Lipinski definition) is 7. The largest absolute Gasteiger partial charge is 0.504 e. The van der Waals surface area contributed by atoms with Gasteiger partial charge in [-0.05, 0) is 18.2 Å². The standard InChI is InChI=1S/C22H24N2O4S/c1-16(27-4)9-10-18(15-26-3)20-12-11-17(21-22(20)24-29-23-21)7-6-8-19(28-5)13-14-25-2/h6-15H,1H2,2-5H3/b7-6+,10-9-,14-13+,18-15-,19-8+. The molecule has 0 aliphatic carbocycles. The molecule has 0 aliphatic rings. The number of rotatable bonds is 10. The second-order valence-electron chi connectivity index (χ2n) is 5.65. The molecule has 1 aromatic heterocycles. The number of allylic oxidation sites excluding steroid dienone is 6. The summed E-state index contributed by atoms with van der Waals surface area (Å²) in [5.74, 6) is 1.21. The normalized spacial score (nSPS) is 13.0. The maximum absolute atomic E-state index is 5.27. The Balaban J connectivity index is 2.40. The number of fused-ring (bicyclic) bond motifs is 1. The zero-order valence-corrected chi connectivity index (χ0v) is 17.7. The maximum atomic E-state index is 5.27. The molecule has 2 rings (SSSR count).